The molecule has 1 aromatic carbocycles. The van der Waals surface area contributed by atoms with Crippen LogP contribution in [-0.4, -0.2) is 36.7 Å². The van der Waals surface area contributed by atoms with Crippen molar-refractivity contribution in [1.82, 2.24) is 4.57 Å². The zero-order valence-corrected chi connectivity index (χ0v) is 15.8. The predicted molar refractivity (Wildman–Crippen MR) is 98.7 cm³/mol. The first-order chi connectivity index (χ1) is 12.6. The van der Waals surface area contributed by atoms with Crippen molar-refractivity contribution in [3.8, 4) is 5.75 Å². The second-order valence-electron chi connectivity index (χ2n) is 5.95. The van der Waals surface area contributed by atoms with E-state index in [0.29, 0.717) is 22.7 Å². The summed E-state index contributed by atoms with van der Waals surface area (Å²) in [6.07, 6.45) is 3.96. The Morgan fingerprint density at radius 1 is 1.19 bits per heavy atom. The summed E-state index contributed by atoms with van der Waals surface area (Å²) in [7, 11) is 1.59. The number of thiazole rings is 1. The lowest BCUT2D eigenvalue weighted by molar-refractivity contribution is -0.141. The number of hydrogen-bond donors (Lipinski definition) is 0. The molecule has 0 unspecified atom stereocenters. The third-order valence-electron chi connectivity index (χ3n) is 4.25. The lowest BCUT2D eigenvalue weighted by Crippen LogP contribution is -2.27. The van der Waals surface area contributed by atoms with Crippen molar-refractivity contribution in [1.29, 1.82) is 0 Å². The van der Waals surface area contributed by atoms with Crippen LogP contribution in [0.15, 0.2) is 29.3 Å². The molecule has 3 rings (SSSR count). The molecule has 1 heterocycles. The fourth-order valence-electron chi connectivity index (χ4n) is 2.99. The molecular weight excluding hydrogens is 352 g/mol. The number of carbonyl (C=O) groups is 2. The van der Waals surface area contributed by atoms with Crippen LogP contribution in [0.5, 0.6) is 5.75 Å². The van der Waals surface area contributed by atoms with Gasteiger partial charge in [0.05, 0.1) is 13.7 Å². The Labute approximate surface area is 156 Å². The largest absolute Gasteiger partial charge is 0.497 e. The van der Waals surface area contributed by atoms with E-state index in [0.717, 1.165) is 31.4 Å². The number of carbonyl (C=O) groups excluding carboxylic acids is 2. The van der Waals surface area contributed by atoms with Crippen LogP contribution in [0.1, 0.15) is 40.7 Å². The SMILES string of the molecule is CCOC(=O)CN=c1sc2c(n1C(=O)c1ccc(OC)cc1)CCCC2. The zero-order valence-electron chi connectivity index (χ0n) is 15.0. The molecule has 0 atom stereocenters. The molecule has 1 aliphatic carbocycles. The summed E-state index contributed by atoms with van der Waals surface area (Å²) in [6, 6.07) is 7.02. The molecule has 0 saturated carbocycles. The molecule has 0 fully saturated rings. The number of aromatic nitrogens is 1. The smallest absolute Gasteiger partial charge is 0.327 e. The molecule has 0 bridgehead atoms. The number of methoxy groups -OCH3 is 1. The molecule has 1 aromatic heterocycles. The highest BCUT2D eigenvalue weighted by atomic mass is 32.1. The average Bonchev–Trinajstić information content (AvgIpc) is 3.04. The van der Waals surface area contributed by atoms with Gasteiger partial charge in [0.15, 0.2) is 4.80 Å². The Balaban J connectivity index is 2.00. The van der Waals surface area contributed by atoms with Crippen molar-refractivity contribution in [2.24, 2.45) is 4.99 Å². The van der Waals surface area contributed by atoms with Crippen LogP contribution in [0, 0.1) is 0 Å². The van der Waals surface area contributed by atoms with E-state index in [-0.39, 0.29) is 18.4 Å². The van der Waals surface area contributed by atoms with Gasteiger partial charge in [-0.15, -0.1) is 11.3 Å². The van der Waals surface area contributed by atoms with Crippen LogP contribution >= 0.6 is 11.3 Å². The molecule has 0 saturated heterocycles. The number of hydrogen-bond acceptors (Lipinski definition) is 6. The van der Waals surface area contributed by atoms with E-state index >= 15 is 0 Å². The maximum atomic E-state index is 13.1. The van der Waals surface area contributed by atoms with Gasteiger partial charge in [-0.1, -0.05) is 0 Å². The summed E-state index contributed by atoms with van der Waals surface area (Å²) in [4.78, 5) is 30.9. The maximum absolute atomic E-state index is 13.1. The van der Waals surface area contributed by atoms with Gasteiger partial charge in [-0.25, -0.2) is 4.99 Å². The summed E-state index contributed by atoms with van der Waals surface area (Å²) in [6.45, 7) is 2.00. The predicted octanol–water partition coefficient (Wildman–Crippen LogP) is 2.59. The lowest BCUT2D eigenvalue weighted by Gasteiger charge is -2.13. The van der Waals surface area contributed by atoms with Crippen molar-refractivity contribution in [3.05, 3.63) is 45.2 Å². The van der Waals surface area contributed by atoms with Gasteiger partial charge in [-0.3, -0.25) is 14.2 Å². The minimum atomic E-state index is -0.387. The highest BCUT2D eigenvalue weighted by Crippen LogP contribution is 2.24. The number of esters is 1. The minimum Gasteiger partial charge on any atom is -0.497 e. The van der Waals surface area contributed by atoms with Crippen molar-refractivity contribution >= 4 is 23.2 Å². The molecule has 0 N–H and O–H groups in total. The topological polar surface area (TPSA) is 69.9 Å². The second-order valence-corrected chi connectivity index (χ2v) is 7.01. The van der Waals surface area contributed by atoms with Gasteiger partial charge in [-0.2, -0.15) is 0 Å². The summed E-state index contributed by atoms with van der Waals surface area (Å²) >= 11 is 1.50. The Hall–Kier alpha value is -2.41. The summed E-state index contributed by atoms with van der Waals surface area (Å²) in [5, 5.41) is 0. The Morgan fingerprint density at radius 2 is 1.92 bits per heavy atom. The van der Waals surface area contributed by atoms with E-state index in [1.54, 1.807) is 42.9 Å². The van der Waals surface area contributed by atoms with Crippen LogP contribution in [0.25, 0.3) is 0 Å². The van der Waals surface area contributed by atoms with Gasteiger partial charge in [0.25, 0.3) is 5.91 Å². The van der Waals surface area contributed by atoms with Gasteiger partial charge in [0, 0.05) is 16.1 Å². The molecule has 6 nitrogen and oxygen atoms in total. The number of fused-ring (bicyclic) bond motifs is 1. The molecule has 0 radical (unpaired) electrons. The van der Waals surface area contributed by atoms with E-state index in [2.05, 4.69) is 4.99 Å². The molecule has 1 aliphatic rings. The van der Waals surface area contributed by atoms with Crippen molar-refractivity contribution in [2.45, 2.75) is 32.6 Å². The van der Waals surface area contributed by atoms with Gasteiger partial charge in [0.1, 0.15) is 12.3 Å². The van der Waals surface area contributed by atoms with Crippen LogP contribution < -0.4 is 9.54 Å². The second kappa shape index (κ2) is 8.31. The number of ether oxygens (including phenoxy) is 2. The molecule has 0 spiro atoms. The summed E-state index contributed by atoms with van der Waals surface area (Å²) in [5.41, 5.74) is 1.58. The van der Waals surface area contributed by atoms with Crippen LogP contribution in [0.2, 0.25) is 0 Å². The first-order valence-electron chi connectivity index (χ1n) is 8.72. The van der Waals surface area contributed by atoms with Crippen molar-refractivity contribution in [2.75, 3.05) is 20.3 Å². The van der Waals surface area contributed by atoms with E-state index < -0.39 is 0 Å². The third kappa shape index (κ3) is 3.88. The van der Waals surface area contributed by atoms with E-state index in [9.17, 15) is 9.59 Å². The fraction of sp³-hybridized carbons (Fsp3) is 0.421. The number of benzene rings is 1. The Kier molecular flexibility index (Phi) is 5.88. The first kappa shape index (κ1) is 18.4. The first-order valence-corrected chi connectivity index (χ1v) is 9.54. The lowest BCUT2D eigenvalue weighted by atomic mass is 10.0. The quantitative estimate of drug-likeness (QED) is 0.755. The van der Waals surface area contributed by atoms with Crippen molar-refractivity contribution < 1.29 is 19.1 Å². The molecule has 0 amide bonds. The molecule has 7 heteroatoms. The Morgan fingerprint density at radius 3 is 2.62 bits per heavy atom. The Bertz CT molecular complexity index is 865. The standard InChI is InChI=1S/C19H22N2O4S/c1-3-25-17(22)12-20-19-21(15-6-4-5-7-16(15)26-19)18(23)13-8-10-14(24-2)11-9-13/h8-11H,3-7,12H2,1-2H3. The van der Waals surface area contributed by atoms with Gasteiger partial charge in [0.2, 0.25) is 0 Å². The average molecular weight is 374 g/mol. The van der Waals surface area contributed by atoms with Crippen LogP contribution in [-0.2, 0) is 22.4 Å². The van der Waals surface area contributed by atoms with Crippen LogP contribution in [0.3, 0.4) is 0 Å². The highest BCUT2D eigenvalue weighted by Gasteiger charge is 2.22. The highest BCUT2D eigenvalue weighted by molar-refractivity contribution is 7.09. The van der Waals surface area contributed by atoms with Gasteiger partial charge >= 0.3 is 5.97 Å². The minimum absolute atomic E-state index is 0.0802. The van der Waals surface area contributed by atoms with Gasteiger partial charge in [-0.05, 0) is 56.9 Å². The van der Waals surface area contributed by atoms with Crippen molar-refractivity contribution in [3.63, 3.8) is 0 Å². The summed E-state index contributed by atoms with van der Waals surface area (Å²) in [5.74, 6) is 0.183. The molecule has 0 aliphatic heterocycles. The summed E-state index contributed by atoms with van der Waals surface area (Å²) < 4.78 is 11.8. The van der Waals surface area contributed by atoms with Gasteiger partial charge < -0.3 is 9.47 Å². The normalized spacial score (nSPS) is 14.0. The number of aryl methyl sites for hydroxylation is 1. The molecule has 138 valence electrons. The zero-order chi connectivity index (χ0) is 18.5. The maximum Gasteiger partial charge on any atom is 0.327 e. The molecule has 2 aromatic rings. The number of nitrogens with zero attached hydrogens (tertiary/aromatic N) is 2. The molecule has 26 heavy (non-hydrogen) atoms. The van der Waals surface area contributed by atoms with E-state index in [1.807, 2.05) is 0 Å². The monoisotopic (exact) mass is 374 g/mol. The van der Waals surface area contributed by atoms with E-state index in [1.165, 1.54) is 16.2 Å². The van der Waals surface area contributed by atoms with Crippen LogP contribution in [0.4, 0.5) is 0 Å². The van der Waals surface area contributed by atoms with E-state index in [4.69, 9.17) is 9.47 Å². The fourth-order valence-corrected chi connectivity index (χ4v) is 4.18. The number of rotatable bonds is 5. The third-order valence-corrected chi connectivity index (χ3v) is 5.43. The molecular formula is C19H22N2O4S.